The summed E-state index contributed by atoms with van der Waals surface area (Å²) in [5, 5.41) is 21.3. The molecule has 1 aliphatic heterocycles. The Balaban J connectivity index is 1.60. The van der Waals surface area contributed by atoms with Crippen molar-refractivity contribution in [3.63, 3.8) is 0 Å². The van der Waals surface area contributed by atoms with Gasteiger partial charge in [-0.15, -0.1) is 11.3 Å². The maximum absolute atomic E-state index is 10.6. The molecule has 30 heavy (non-hydrogen) atoms. The standard InChI is InChI=1S/C22H20N2O4S2/c25-20(26)7-2-1-3-12-24-21(27)19(30-22(24)29)13-14-8-9-18(28-14)16-5-4-6-17-15(16)10-11-23-17/h4-6,8-11,13,27H,1-3,7,12H2,(H,25,26). The van der Waals surface area contributed by atoms with Crippen molar-refractivity contribution >= 4 is 53.6 Å². The summed E-state index contributed by atoms with van der Waals surface area (Å²) in [4.78, 5) is 15.5. The first kappa shape index (κ1) is 20.3. The van der Waals surface area contributed by atoms with Gasteiger partial charge in [0.15, 0.2) is 3.95 Å². The van der Waals surface area contributed by atoms with Gasteiger partial charge in [0.1, 0.15) is 10.8 Å². The first-order chi connectivity index (χ1) is 14.5. The topological polar surface area (TPSA) is 88.0 Å². The van der Waals surface area contributed by atoms with E-state index in [2.05, 4.69) is 4.99 Å². The summed E-state index contributed by atoms with van der Waals surface area (Å²) < 4.78 is 8.27. The lowest BCUT2D eigenvalue weighted by Crippen LogP contribution is -2.01. The van der Waals surface area contributed by atoms with E-state index in [0.29, 0.717) is 27.2 Å². The van der Waals surface area contributed by atoms with Crippen LogP contribution >= 0.6 is 23.6 Å². The van der Waals surface area contributed by atoms with Gasteiger partial charge in [-0.2, -0.15) is 0 Å². The second-order valence-corrected chi connectivity index (χ2v) is 8.62. The van der Waals surface area contributed by atoms with Crippen molar-refractivity contribution in [1.82, 2.24) is 4.57 Å². The Morgan fingerprint density at radius 3 is 2.93 bits per heavy atom. The Labute approximate surface area is 181 Å². The van der Waals surface area contributed by atoms with E-state index >= 15 is 0 Å². The minimum atomic E-state index is -0.787. The van der Waals surface area contributed by atoms with Gasteiger partial charge in [-0.05, 0) is 49.3 Å². The van der Waals surface area contributed by atoms with Crippen molar-refractivity contribution < 1.29 is 19.4 Å². The highest BCUT2D eigenvalue weighted by Crippen LogP contribution is 2.27. The molecule has 0 amide bonds. The Hall–Kier alpha value is -2.97. The van der Waals surface area contributed by atoms with Crippen molar-refractivity contribution in [3.8, 4) is 5.88 Å². The number of unbranched alkanes of at least 4 members (excludes halogenated alkanes) is 2. The lowest BCUT2D eigenvalue weighted by molar-refractivity contribution is -0.137. The van der Waals surface area contributed by atoms with E-state index < -0.39 is 5.97 Å². The van der Waals surface area contributed by atoms with E-state index in [1.54, 1.807) is 16.9 Å². The van der Waals surface area contributed by atoms with Gasteiger partial charge in [-0.1, -0.05) is 18.6 Å². The molecule has 2 aromatic heterocycles. The van der Waals surface area contributed by atoms with Crippen molar-refractivity contribution in [2.45, 2.75) is 32.2 Å². The minimum absolute atomic E-state index is 0.114. The molecule has 1 aliphatic rings. The van der Waals surface area contributed by atoms with Crippen LogP contribution in [0.25, 0.3) is 12.2 Å². The molecule has 154 valence electrons. The maximum atomic E-state index is 10.6. The number of hydrogen-bond donors (Lipinski definition) is 2. The van der Waals surface area contributed by atoms with E-state index in [-0.39, 0.29) is 12.3 Å². The fourth-order valence-electron chi connectivity index (χ4n) is 3.38. The molecule has 3 heterocycles. The fraction of sp³-hybridized carbons (Fsp3) is 0.227. The second kappa shape index (κ2) is 8.81. The molecule has 1 aromatic carbocycles. The maximum Gasteiger partial charge on any atom is 0.303 e. The van der Waals surface area contributed by atoms with Crippen LogP contribution in [-0.4, -0.2) is 27.0 Å². The molecule has 0 atom stereocenters. The molecule has 0 bridgehead atoms. The number of benzene rings is 1. The first-order valence-corrected chi connectivity index (χ1v) is 10.8. The van der Waals surface area contributed by atoms with E-state index in [4.69, 9.17) is 21.7 Å². The van der Waals surface area contributed by atoms with E-state index in [1.165, 1.54) is 11.3 Å². The third-order valence-electron chi connectivity index (χ3n) is 4.87. The van der Waals surface area contributed by atoms with Gasteiger partial charge < -0.3 is 14.6 Å². The van der Waals surface area contributed by atoms with Gasteiger partial charge in [0.2, 0.25) is 5.88 Å². The largest absolute Gasteiger partial charge is 0.493 e. The monoisotopic (exact) mass is 440 g/mol. The number of carboxylic acids is 1. The van der Waals surface area contributed by atoms with Gasteiger partial charge in [0.25, 0.3) is 0 Å². The molecule has 0 unspecified atom stereocenters. The summed E-state index contributed by atoms with van der Waals surface area (Å²) in [5.41, 5.74) is 2.29. The number of hydrogen-bond acceptors (Lipinski definition) is 6. The zero-order chi connectivity index (χ0) is 21.1. The molecule has 3 aromatic rings. The molecule has 2 N–H and O–H groups in total. The highest BCUT2D eigenvalue weighted by Gasteiger charge is 2.10. The van der Waals surface area contributed by atoms with Gasteiger partial charge >= 0.3 is 5.97 Å². The normalized spacial score (nSPS) is 14.1. The SMILES string of the molecule is O=C(O)CCCCCn1c(O)c(C=c2ccc(=c3cccc4c3=CC=N4)o2)sc1=S. The summed E-state index contributed by atoms with van der Waals surface area (Å²) in [7, 11) is 0. The number of carbonyl (C=O) groups is 1. The minimum Gasteiger partial charge on any atom is -0.493 e. The van der Waals surface area contributed by atoms with Crippen LogP contribution < -0.4 is 10.6 Å². The van der Waals surface area contributed by atoms with Crippen molar-refractivity contribution in [2.24, 2.45) is 4.99 Å². The van der Waals surface area contributed by atoms with Crippen LogP contribution in [-0.2, 0) is 11.3 Å². The molecule has 4 rings (SSSR count). The molecular formula is C22H20N2O4S2. The second-order valence-electron chi connectivity index (χ2n) is 6.94. The quantitative estimate of drug-likeness (QED) is 0.431. The van der Waals surface area contributed by atoms with Gasteiger partial charge in [0.05, 0.1) is 10.6 Å². The number of rotatable bonds is 7. The summed E-state index contributed by atoms with van der Waals surface area (Å²) in [6.07, 6.45) is 7.83. The fourth-order valence-corrected chi connectivity index (χ4v) is 4.68. The predicted molar refractivity (Wildman–Crippen MR) is 119 cm³/mol. The molecule has 6 nitrogen and oxygen atoms in total. The first-order valence-electron chi connectivity index (χ1n) is 9.62. The molecule has 0 radical (unpaired) electrons. The zero-order valence-corrected chi connectivity index (χ0v) is 17.7. The molecule has 0 spiro atoms. The summed E-state index contributed by atoms with van der Waals surface area (Å²) in [6, 6.07) is 9.68. The number of nitrogens with zero attached hydrogens (tertiary/aromatic N) is 2. The summed E-state index contributed by atoms with van der Waals surface area (Å²) >= 11 is 6.71. The number of carboxylic acid groups (broad SMARTS) is 1. The molecule has 0 saturated heterocycles. The number of thiazole rings is 1. The third kappa shape index (κ3) is 4.29. The Morgan fingerprint density at radius 1 is 1.23 bits per heavy atom. The van der Waals surface area contributed by atoms with Gasteiger partial charge in [-0.3, -0.25) is 14.4 Å². The predicted octanol–water partition coefficient (Wildman–Crippen LogP) is 3.83. The average Bonchev–Trinajstić information content (AvgIpc) is 3.43. The average molecular weight is 441 g/mol. The van der Waals surface area contributed by atoms with Crippen molar-refractivity contribution in [1.29, 1.82) is 0 Å². The van der Waals surface area contributed by atoms with E-state index in [1.807, 2.05) is 36.4 Å². The lowest BCUT2D eigenvalue weighted by atomic mass is 10.2. The zero-order valence-electron chi connectivity index (χ0n) is 16.1. The number of aliphatic carboxylic acids is 1. The smallest absolute Gasteiger partial charge is 0.303 e. The number of aliphatic imine (C=N–C) groups is 1. The summed E-state index contributed by atoms with van der Waals surface area (Å²) in [5.74, 6) is -0.672. The van der Waals surface area contributed by atoms with Crippen molar-refractivity contribution in [3.05, 3.63) is 60.4 Å². The molecule has 0 aliphatic carbocycles. The summed E-state index contributed by atoms with van der Waals surface area (Å²) in [6.45, 7) is 0.560. The number of aromatic hydroxyl groups is 1. The van der Waals surface area contributed by atoms with Gasteiger partial charge in [-0.25, -0.2) is 0 Å². The number of furan rings is 1. The Kier molecular flexibility index (Phi) is 5.96. The van der Waals surface area contributed by atoms with Crippen LogP contribution in [0.3, 0.4) is 0 Å². The molecule has 0 saturated carbocycles. The van der Waals surface area contributed by atoms with Crippen LogP contribution in [0.5, 0.6) is 5.88 Å². The van der Waals surface area contributed by atoms with E-state index in [9.17, 15) is 9.90 Å². The van der Waals surface area contributed by atoms with Crippen LogP contribution in [0.1, 0.15) is 30.6 Å². The van der Waals surface area contributed by atoms with Crippen LogP contribution in [0.15, 0.2) is 39.7 Å². The van der Waals surface area contributed by atoms with Crippen LogP contribution in [0.2, 0.25) is 0 Å². The third-order valence-corrected chi connectivity index (χ3v) is 6.26. The lowest BCUT2D eigenvalue weighted by Gasteiger charge is -2.04. The highest BCUT2D eigenvalue weighted by atomic mass is 32.1. The molecular weight excluding hydrogens is 420 g/mol. The van der Waals surface area contributed by atoms with Crippen LogP contribution in [0.4, 0.5) is 5.69 Å². The Morgan fingerprint density at radius 2 is 2.10 bits per heavy atom. The number of aromatic nitrogens is 1. The highest BCUT2D eigenvalue weighted by molar-refractivity contribution is 7.73. The Bertz CT molecular complexity index is 1400. The van der Waals surface area contributed by atoms with Crippen molar-refractivity contribution in [2.75, 3.05) is 0 Å². The molecule has 0 fully saturated rings. The van der Waals surface area contributed by atoms with E-state index in [0.717, 1.165) is 34.4 Å². The van der Waals surface area contributed by atoms with Gasteiger partial charge in [0, 0.05) is 35.7 Å². The van der Waals surface area contributed by atoms with Crippen LogP contribution in [0, 0.1) is 14.6 Å². The molecule has 8 heteroatoms. The number of fused-ring (bicyclic) bond motifs is 1.